The number of carbonyl (C=O) groups is 2. The van der Waals surface area contributed by atoms with Crippen molar-refractivity contribution in [3.8, 4) is 22.3 Å². The normalized spacial score (nSPS) is 16.9. The lowest BCUT2D eigenvalue weighted by Gasteiger charge is -2.41. The summed E-state index contributed by atoms with van der Waals surface area (Å²) in [6, 6.07) is 30.3. The lowest BCUT2D eigenvalue weighted by atomic mass is 9.95. The van der Waals surface area contributed by atoms with E-state index in [9.17, 15) is 9.59 Å². The van der Waals surface area contributed by atoms with Crippen molar-refractivity contribution in [2.75, 3.05) is 0 Å². The molecule has 0 radical (unpaired) electrons. The summed E-state index contributed by atoms with van der Waals surface area (Å²) in [6.45, 7) is 18.8. The average molecular weight is 665 g/mol. The lowest BCUT2D eigenvalue weighted by Crippen LogP contribution is -2.44. The Kier molecular flexibility index (Phi) is 9.96. The molecule has 252 valence electrons. The standard InChI is InChI=1S/C46H52O2Si/c1-9-13-43(47)33-23-19-31(20-24-33)35-15-11-17-37-41(35)27-39(29(3)4)45(37)49(7,8)46-38-18-12-16-36(42(38)28-40(46)30(5)6)32-21-25-34(26-22-32)44(48)14-10-2/h11-12,15-30,45-46H,9-10,13-14H2,1-8H3. The van der Waals surface area contributed by atoms with Crippen LogP contribution in [0.4, 0.5) is 0 Å². The summed E-state index contributed by atoms with van der Waals surface area (Å²) in [7, 11) is -2.13. The van der Waals surface area contributed by atoms with Crippen LogP contribution in [-0.4, -0.2) is 19.6 Å². The number of ketones is 2. The molecule has 0 saturated carbocycles. The Morgan fingerprint density at radius 2 is 0.939 bits per heavy atom. The minimum absolute atomic E-state index is 0.218. The molecule has 2 aliphatic rings. The third-order valence-electron chi connectivity index (χ3n) is 11.0. The van der Waals surface area contributed by atoms with E-state index >= 15 is 0 Å². The second kappa shape index (κ2) is 14.0. The monoisotopic (exact) mass is 664 g/mol. The van der Waals surface area contributed by atoms with Crippen molar-refractivity contribution in [1.82, 2.24) is 0 Å². The molecule has 0 fully saturated rings. The zero-order valence-electron chi connectivity index (χ0n) is 30.7. The number of hydrogen-bond donors (Lipinski definition) is 0. The molecule has 0 amide bonds. The Bertz CT molecular complexity index is 1800. The first-order valence-corrected chi connectivity index (χ1v) is 21.6. The van der Waals surface area contributed by atoms with Crippen LogP contribution in [0.2, 0.25) is 13.1 Å². The molecule has 0 N–H and O–H groups in total. The van der Waals surface area contributed by atoms with E-state index in [0.717, 1.165) is 24.0 Å². The molecular weight excluding hydrogens is 613 g/mol. The second-order valence-electron chi connectivity index (χ2n) is 15.4. The van der Waals surface area contributed by atoms with Gasteiger partial charge in [0.1, 0.15) is 0 Å². The van der Waals surface area contributed by atoms with Crippen LogP contribution >= 0.6 is 0 Å². The van der Waals surface area contributed by atoms with Crippen LogP contribution in [0, 0.1) is 11.8 Å². The van der Waals surface area contributed by atoms with Gasteiger partial charge in [-0.3, -0.25) is 9.59 Å². The lowest BCUT2D eigenvalue weighted by molar-refractivity contribution is 0.0973. The van der Waals surface area contributed by atoms with E-state index in [1.165, 1.54) is 44.5 Å². The maximum Gasteiger partial charge on any atom is 0.162 e. The van der Waals surface area contributed by atoms with Crippen molar-refractivity contribution in [2.24, 2.45) is 11.8 Å². The van der Waals surface area contributed by atoms with Gasteiger partial charge in [0.2, 0.25) is 0 Å². The van der Waals surface area contributed by atoms with Gasteiger partial charge in [-0.05, 0) is 69.2 Å². The van der Waals surface area contributed by atoms with Crippen LogP contribution in [0.15, 0.2) is 96.1 Å². The van der Waals surface area contributed by atoms with Gasteiger partial charge in [0, 0.05) is 35.1 Å². The highest BCUT2D eigenvalue weighted by atomic mass is 28.3. The van der Waals surface area contributed by atoms with Gasteiger partial charge in [-0.2, -0.15) is 0 Å². The van der Waals surface area contributed by atoms with E-state index in [-0.39, 0.29) is 11.6 Å². The Morgan fingerprint density at radius 1 is 0.571 bits per heavy atom. The number of allylic oxidation sites excluding steroid dienone is 2. The molecule has 0 saturated heterocycles. The van der Waals surface area contributed by atoms with Crippen LogP contribution in [0.3, 0.4) is 0 Å². The molecule has 0 bridgehead atoms. The predicted molar refractivity (Wildman–Crippen MR) is 211 cm³/mol. The number of fused-ring (bicyclic) bond motifs is 2. The first-order chi connectivity index (χ1) is 23.5. The van der Waals surface area contributed by atoms with Crippen molar-refractivity contribution >= 4 is 31.8 Å². The molecule has 4 aromatic carbocycles. The molecule has 2 unspecified atom stereocenters. The van der Waals surface area contributed by atoms with Crippen molar-refractivity contribution in [3.63, 3.8) is 0 Å². The van der Waals surface area contributed by atoms with Crippen molar-refractivity contribution in [3.05, 3.63) is 129 Å². The Labute approximate surface area is 295 Å². The molecule has 0 aromatic heterocycles. The first-order valence-electron chi connectivity index (χ1n) is 18.4. The summed E-state index contributed by atoms with van der Waals surface area (Å²) in [4.78, 5) is 25.2. The van der Waals surface area contributed by atoms with Crippen LogP contribution < -0.4 is 0 Å². The van der Waals surface area contributed by atoms with Gasteiger partial charge < -0.3 is 0 Å². The quantitative estimate of drug-likeness (QED) is 0.112. The highest BCUT2D eigenvalue weighted by molar-refractivity contribution is 6.81. The molecule has 2 atom stereocenters. The van der Waals surface area contributed by atoms with Gasteiger partial charge in [0.25, 0.3) is 0 Å². The third-order valence-corrected chi connectivity index (χ3v) is 15.3. The predicted octanol–water partition coefficient (Wildman–Crippen LogP) is 12.7. The van der Waals surface area contributed by atoms with Gasteiger partial charge >= 0.3 is 0 Å². The molecule has 49 heavy (non-hydrogen) atoms. The summed E-state index contributed by atoms with van der Waals surface area (Å²) < 4.78 is 0. The van der Waals surface area contributed by atoms with E-state index in [1.54, 1.807) is 11.1 Å². The van der Waals surface area contributed by atoms with Crippen molar-refractivity contribution < 1.29 is 9.59 Å². The van der Waals surface area contributed by atoms with Gasteiger partial charge in [-0.1, -0.05) is 163 Å². The smallest absolute Gasteiger partial charge is 0.162 e. The van der Waals surface area contributed by atoms with E-state index in [4.69, 9.17) is 0 Å². The van der Waals surface area contributed by atoms with Gasteiger partial charge in [0.15, 0.2) is 11.6 Å². The molecule has 4 aromatic rings. The van der Waals surface area contributed by atoms with Crippen molar-refractivity contribution in [1.29, 1.82) is 0 Å². The SMILES string of the molecule is CCCC(=O)c1ccc(-c2cccc3c2C=C(C(C)C)C3[Si](C)(C)C2C(C(C)C)=Cc3c(-c4ccc(C(=O)CCC)cc4)cccc32)cc1. The molecular formula is C46H52O2Si. The Hall–Kier alpha value is -4.08. The van der Waals surface area contributed by atoms with Gasteiger partial charge in [0.05, 0.1) is 8.07 Å². The third kappa shape index (κ3) is 6.39. The molecule has 0 spiro atoms. The minimum atomic E-state index is -2.13. The average Bonchev–Trinajstić information content (AvgIpc) is 3.70. The van der Waals surface area contributed by atoms with E-state index < -0.39 is 8.07 Å². The summed E-state index contributed by atoms with van der Waals surface area (Å²) in [5.41, 5.74) is 16.0. The molecule has 0 heterocycles. The number of carbonyl (C=O) groups excluding carboxylic acids is 2. The van der Waals surface area contributed by atoms with Crippen LogP contribution in [0.25, 0.3) is 34.4 Å². The van der Waals surface area contributed by atoms with Gasteiger partial charge in [-0.15, -0.1) is 0 Å². The number of benzene rings is 4. The van der Waals surface area contributed by atoms with E-state index in [1.807, 2.05) is 24.3 Å². The summed E-state index contributed by atoms with van der Waals surface area (Å²) in [6.07, 6.45) is 7.94. The highest BCUT2D eigenvalue weighted by Gasteiger charge is 2.49. The molecule has 0 aliphatic heterocycles. The molecule has 2 nitrogen and oxygen atoms in total. The van der Waals surface area contributed by atoms with E-state index in [0.29, 0.717) is 35.8 Å². The maximum absolute atomic E-state index is 12.6. The topological polar surface area (TPSA) is 34.1 Å². The Balaban J connectivity index is 1.42. The summed E-state index contributed by atoms with van der Waals surface area (Å²) in [5, 5.41) is 0. The van der Waals surface area contributed by atoms with Gasteiger partial charge in [-0.25, -0.2) is 0 Å². The van der Waals surface area contributed by atoms with Crippen LogP contribution in [0.1, 0.15) is 121 Å². The summed E-state index contributed by atoms with van der Waals surface area (Å²) in [5.74, 6) is 1.29. The fourth-order valence-corrected chi connectivity index (χ4v) is 13.6. The molecule has 6 rings (SSSR count). The zero-order chi connectivity index (χ0) is 35.0. The molecule has 3 heteroatoms. The zero-order valence-corrected chi connectivity index (χ0v) is 31.7. The summed E-state index contributed by atoms with van der Waals surface area (Å²) >= 11 is 0. The van der Waals surface area contributed by atoms with Crippen LogP contribution in [0.5, 0.6) is 0 Å². The van der Waals surface area contributed by atoms with Crippen LogP contribution in [-0.2, 0) is 0 Å². The fourth-order valence-electron chi connectivity index (χ4n) is 8.60. The number of Topliss-reactive ketones (excluding diaryl/α,β-unsaturated/α-hetero) is 2. The first kappa shape index (κ1) is 34.8. The Morgan fingerprint density at radius 3 is 1.27 bits per heavy atom. The number of hydrogen-bond acceptors (Lipinski definition) is 2. The second-order valence-corrected chi connectivity index (χ2v) is 20.2. The highest BCUT2D eigenvalue weighted by Crippen LogP contribution is 2.56. The minimum Gasteiger partial charge on any atom is -0.294 e. The van der Waals surface area contributed by atoms with E-state index in [2.05, 4.69) is 127 Å². The largest absolute Gasteiger partial charge is 0.294 e. The number of rotatable bonds is 12. The maximum atomic E-state index is 12.6. The fraction of sp³-hybridized carbons (Fsp3) is 0.348. The van der Waals surface area contributed by atoms with Crippen molar-refractivity contribution in [2.45, 2.75) is 91.4 Å². The molecule has 2 aliphatic carbocycles.